The van der Waals surface area contributed by atoms with E-state index in [-0.39, 0.29) is 11.6 Å². The molecule has 5 rings (SSSR count). The van der Waals surface area contributed by atoms with Crippen molar-refractivity contribution < 1.29 is 0 Å². The number of aromatic nitrogens is 3. The van der Waals surface area contributed by atoms with Crippen LogP contribution >= 0.6 is 0 Å². The molecule has 3 aliphatic rings. The molecule has 1 unspecified atom stereocenters. The second-order valence-electron chi connectivity index (χ2n) is 9.06. The Labute approximate surface area is 191 Å². The van der Waals surface area contributed by atoms with Crippen LogP contribution in [0.5, 0.6) is 0 Å². The van der Waals surface area contributed by atoms with E-state index in [0.29, 0.717) is 5.82 Å². The zero-order valence-electron chi connectivity index (χ0n) is 19.8. The molecule has 0 saturated carbocycles. The van der Waals surface area contributed by atoms with Crippen LogP contribution in [0.4, 0.5) is 23.1 Å². The topological polar surface area (TPSA) is 112 Å². The van der Waals surface area contributed by atoms with E-state index < -0.39 is 0 Å². The molecular weight excluding hydrogens is 402 g/mol. The first-order chi connectivity index (χ1) is 15.5. The summed E-state index contributed by atoms with van der Waals surface area (Å²) in [5.41, 5.74) is 18.7. The van der Waals surface area contributed by atoms with E-state index in [1.165, 1.54) is 0 Å². The molecule has 0 radical (unpaired) electrons. The zero-order chi connectivity index (χ0) is 22.9. The number of nitrogen functional groups attached to an aromatic ring is 1. The predicted octanol–water partition coefficient (Wildman–Crippen LogP) is 2.77. The average Bonchev–Trinajstić information content (AvgIpc) is 3.15. The molecule has 32 heavy (non-hydrogen) atoms. The van der Waals surface area contributed by atoms with E-state index in [9.17, 15) is 0 Å². The van der Waals surface area contributed by atoms with Gasteiger partial charge in [-0.05, 0) is 49.8 Å². The first-order valence-corrected chi connectivity index (χ1v) is 11.8. The van der Waals surface area contributed by atoms with Crippen LogP contribution < -0.4 is 26.7 Å². The van der Waals surface area contributed by atoms with Crippen LogP contribution in [-0.4, -0.2) is 53.2 Å². The lowest BCUT2D eigenvalue weighted by atomic mass is 9.80. The fourth-order valence-corrected chi connectivity index (χ4v) is 4.81. The number of rotatable bonds is 3. The molecule has 3 aliphatic heterocycles. The Hall–Kier alpha value is -2.65. The molecule has 2 aromatic heterocycles. The number of nitrogens with zero attached hydrogens (tertiary/aromatic N) is 6. The Kier molecular flexibility index (Phi) is 6.39. The van der Waals surface area contributed by atoms with Gasteiger partial charge in [0.05, 0.1) is 17.6 Å². The minimum Gasteiger partial charge on any atom is -0.384 e. The van der Waals surface area contributed by atoms with Crippen LogP contribution in [-0.2, 0) is 6.42 Å². The van der Waals surface area contributed by atoms with Gasteiger partial charge in [0.2, 0.25) is 0 Å². The molecule has 9 heteroatoms. The van der Waals surface area contributed by atoms with Gasteiger partial charge in [-0.25, -0.2) is 15.0 Å². The summed E-state index contributed by atoms with van der Waals surface area (Å²) in [7, 11) is 2.04. The van der Waals surface area contributed by atoms with Crippen molar-refractivity contribution in [2.24, 2.45) is 11.1 Å². The third-order valence-corrected chi connectivity index (χ3v) is 6.86. The molecule has 0 spiro atoms. The number of hydrogen-bond acceptors (Lipinski definition) is 9. The van der Waals surface area contributed by atoms with E-state index in [2.05, 4.69) is 38.2 Å². The van der Waals surface area contributed by atoms with E-state index in [4.69, 9.17) is 21.4 Å². The number of pyridine rings is 1. The first-order valence-electron chi connectivity index (χ1n) is 11.8. The lowest BCUT2D eigenvalue weighted by Crippen LogP contribution is -2.42. The highest BCUT2D eigenvalue weighted by molar-refractivity contribution is 5.61. The minimum absolute atomic E-state index is 0.0205. The summed E-state index contributed by atoms with van der Waals surface area (Å²) in [6.45, 7) is 9.89. The highest BCUT2D eigenvalue weighted by Gasteiger charge is 2.38. The molecule has 9 nitrogen and oxygen atoms in total. The second-order valence-corrected chi connectivity index (χ2v) is 9.06. The van der Waals surface area contributed by atoms with Crippen molar-refractivity contribution in [2.45, 2.75) is 52.6 Å². The van der Waals surface area contributed by atoms with Crippen molar-refractivity contribution in [2.75, 3.05) is 54.2 Å². The van der Waals surface area contributed by atoms with Crippen molar-refractivity contribution in [1.29, 1.82) is 0 Å². The van der Waals surface area contributed by atoms with Gasteiger partial charge in [-0.3, -0.25) is 5.43 Å². The SMILES string of the molecule is CC.CN1Nc2nc(N3CCC(C)(CN)CC3)cnc2C1N1CCCc2nc(N)ccc21. The van der Waals surface area contributed by atoms with Gasteiger partial charge in [-0.2, -0.15) is 5.01 Å². The lowest BCUT2D eigenvalue weighted by Gasteiger charge is -2.39. The van der Waals surface area contributed by atoms with E-state index in [0.717, 1.165) is 80.6 Å². The van der Waals surface area contributed by atoms with Crippen LogP contribution in [0.3, 0.4) is 0 Å². The summed E-state index contributed by atoms with van der Waals surface area (Å²) < 4.78 is 0. The number of piperidine rings is 1. The summed E-state index contributed by atoms with van der Waals surface area (Å²) in [6, 6.07) is 3.95. The number of aryl methyl sites for hydroxylation is 1. The Balaban J connectivity index is 0.00000119. The van der Waals surface area contributed by atoms with Crippen LogP contribution in [0.15, 0.2) is 18.3 Å². The number of nitrogens with two attached hydrogens (primary N) is 2. The van der Waals surface area contributed by atoms with Gasteiger partial charge in [-0.1, -0.05) is 20.8 Å². The highest BCUT2D eigenvalue weighted by atomic mass is 15.6. The largest absolute Gasteiger partial charge is 0.384 e. The number of hydrazine groups is 1. The summed E-state index contributed by atoms with van der Waals surface area (Å²) in [6.07, 6.45) is 6.06. The first kappa shape index (κ1) is 22.5. The monoisotopic (exact) mass is 439 g/mol. The third kappa shape index (κ3) is 4.06. The van der Waals surface area contributed by atoms with E-state index >= 15 is 0 Å². The Morgan fingerprint density at radius 3 is 2.62 bits per heavy atom. The standard InChI is InChI=1S/C21H31N9.C2H6/c1-21(13-22)7-10-29(11-8-21)17-12-24-18-19(26-17)27-28(2)20(18)30-9-3-4-14-15(30)5-6-16(23)25-14;1-2/h5-6,12,20H,3-4,7-11,13,22H2,1-2H3,(H2,23,25)(H,26,27);1-2H3. The maximum atomic E-state index is 5.96. The number of anilines is 4. The second kappa shape index (κ2) is 9.07. The Morgan fingerprint density at radius 1 is 1.16 bits per heavy atom. The molecule has 174 valence electrons. The fourth-order valence-electron chi connectivity index (χ4n) is 4.81. The Morgan fingerprint density at radius 2 is 1.91 bits per heavy atom. The van der Waals surface area contributed by atoms with Gasteiger partial charge < -0.3 is 21.3 Å². The molecule has 5 heterocycles. The molecular formula is C23H37N9. The van der Waals surface area contributed by atoms with Crippen LogP contribution in [0.2, 0.25) is 0 Å². The highest BCUT2D eigenvalue weighted by Crippen LogP contribution is 2.40. The number of nitrogens with one attached hydrogen (secondary N) is 1. The van der Waals surface area contributed by atoms with Crippen molar-refractivity contribution in [3.63, 3.8) is 0 Å². The van der Waals surface area contributed by atoms with Gasteiger partial charge in [0.25, 0.3) is 0 Å². The molecule has 2 aromatic rings. The van der Waals surface area contributed by atoms with Gasteiger partial charge in [0, 0.05) is 26.7 Å². The normalized spacial score (nSPS) is 21.8. The molecule has 0 bridgehead atoms. The van der Waals surface area contributed by atoms with Gasteiger partial charge in [0.15, 0.2) is 5.82 Å². The van der Waals surface area contributed by atoms with Gasteiger partial charge >= 0.3 is 0 Å². The van der Waals surface area contributed by atoms with Crippen LogP contribution in [0, 0.1) is 5.41 Å². The van der Waals surface area contributed by atoms with E-state index in [1.807, 2.05) is 33.2 Å². The number of hydrogen-bond donors (Lipinski definition) is 3. The minimum atomic E-state index is -0.0205. The molecule has 1 saturated heterocycles. The lowest BCUT2D eigenvalue weighted by molar-refractivity contribution is 0.258. The zero-order valence-corrected chi connectivity index (χ0v) is 19.8. The summed E-state index contributed by atoms with van der Waals surface area (Å²) in [4.78, 5) is 19.0. The van der Waals surface area contributed by atoms with Crippen LogP contribution in [0.1, 0.15) is 57.6 Å². The smallest absolute Gasteiger partial charge is 0.168 e. The molecule has 5 N–H and O–H groups in total. The molecule has 0 aliphatic carbocycles. The maximum absolute atomic E-state index is 5.96. The predicted molar refractivity (Wildman–Crippen MR) is 130 cm³/mol. The van der Waals surface area contributed by atoms with Crippen LogP contribution in [0.25, 0.3) is 0 Å². The van der Waals surface area contributed by atoms with Gasteiger partial charge in [-0.15, -0.1) is 0 Å². The quantitative estimate of drug-likeness (QED) is 0.664. The van der Waals surface area contributed by atoms with Crippen molar-refractivity contribution in [1.82, 2.24) is 20.0 Å². The number of fused-ring (bicyclic) bond motifs is 2. The van der Waals surface area contributed by atoms with Crippen molar-refractivity contribution in [3.05, 3.63) is 29.7 Å². The van der Waals surface area contributed by atoms with E-state index in [1.54, 1.807) is 0 Å². The molecule has 0 amide bonds. The summed E-state index contributed by atoms with van der Waals surface area (Å²) >= 11 is 0. The maximum Gasteiger partial charge on any atom is 0.168 e. The average molecular weight is 440 g/mol. The molecule has 0 aromatic carbocycles. The van der Waals surface area contributed by atoms with Crippen molar-refractivity contribution in [3.8, 4) is 0 Å². The van der Waals surface area contributed by atoms with Gasteiger partial charge in [0.1, 0.15) is 23.5 Å². The Bertz CT molecular complexity index is 939. The summed E-state index contributed by atoms with van der Waals surface area (Å²) in [5.74, 6) is 2.34. The molecule has 1 fully saturated rings. The fraction of sp³-hybridized carbons (Fsp3) is 0.609. The third-order valence-electron chi connectivity index (χ3n) is 6.86. The molecule has 1 atom stereocenters. The summed E-state index contributed by atoms with van der Waals surface area (Å²) in [5, 5.41) is 2.08. The van der Waals surface area contributed by atoms with Crippen molar-refractivity contribution >= 4 is 23.1 Å².